The van der Waals surface area contributed by atoms with Crippen molar-refractivity contribution in [3.05, 3.63) is 48.0 Å². The molecule has 0 aromatic heterocycles. The molecule has 236 valence electrons. The first-order valence-corrected chi connectivity index (χ1v) is 17.1. The molecule has 11 heteroatoms. The highest BCUT2D eigenvalue weighted by molar-refractivity contribution is 7.98. The molecular formula is C31H48N2O7S2. The van der Waals surface area contributed by atoms with Crippen LogP contribution in [0.4, 0.5) is 5.69 Å². The van der Waals surface area contributed by atoms with Crippen molar-refractivity contribution < 1.29 is 33.8 Å². The number of ether oxygens (including phenoxy) is 2. The molecule has 0 saturated heterocycles. The minimum absolute atomic E-state index is 0.115. The Labute approximate surface area is 258 Å². The zero-order chi connectivity index (χ0) is 31.3. The Morgan fingerprint density at radius 1 is 1.07 bits per heavy atom. The SMILES string of the molecule is CC(=O)Nc1ccc(O)cc1.CCCCCCCC[S+]([O-])C(C)Cc1ccc2c(c1)OCO2.CSCC[C@H](N)C(=O)O. The summed E-state index contributed by atoms with van der Waals surface area (Å²) < 4.78 is 23.0. The van der Waals surface area contributed by atoms with Crippen molar-refractivity contribution in [2.45, 2.75) is 83.4 Å². The largest absolute Gasteiger partial charge is 0.616 e. The van der Waals surface area contributed by atoms with Crippen molar-refractivity contribution in [1.82, 2.24) is 0 Å². The van der Waals surface area contributed by atoms with Gasteiger partial charge in [0.05, 0.1) is 0 Å². The van der Waals surface area contributed by atoms with E-state index in [1.807, 2.05) is 24.5 Å². The lowest BCUT2D eigenvalue weighted by atomic mass is 10.1. The van der Waals surface area contributed by atoms with Crippen LogP contribution in [0.15, 0.2) is 42.5 Å². The smallest absolute Gasteiger partial charge is 0.320 e. The van der Waals surface area contributed by atoms with Crippen LogP contribution in [0.2, 0.25) is 0 Å². The number of nitrogens with two attached hydrogens (primary N) is 1. The number of carboxylic acids is 1. The van der Waals surface area contributed by atoms with E-state index in [1.165, 1.54) is 56.7 Å². The fourth-order valence-corrected chi connectivity index (χ4v) is 5.59. The number of amides is 1. The molecule has 1 heterocycles. The summed E-state index contributed by atoms with van der Waals surface area (Å²) in [6.45, 7) is 6.05. The summed E-state index contributed by atoms with van der Waals surface area (Å²) in [4.78, 5) is 20.6. The van der Waals surface area contributed by atoms with E-state index in [2.05, 4.69) is 19.2 Å². The number of nitrogens with one attached hydrogen (secondary N) is 1. The number of hydrogen-bond donors (Lipinski definition) is 4. The van der Waals surface area contributed by atoms with Gasteiger partial charge in [0.15, 0.2) is 11.5 Å². The highest BCUT2D eigenvalue weighted by atomic mass is 32.2. The molecule has 0 aliphatic carbocycles. The normalized spacial score (nSPS) is 13.5. The van der Waals surface area contributed by atoms with Crippen LogP contribution in [0.1, 0.15) is 71.3 Å². The number of phenolic OH excluding ortho intramolecular Hbond substituents is 1. The Kier molecular flexibility index (Phi) is 19.6. The number of unbranched alkanes of at least 4 members (excludes halogenated alkanes) is 5. The number of benzene rings is 2. The number of thioether (sulfide) groups is 1. The van der Waals surface area contributed by atoms with Crippen LogP contribution < -0.4 is 20.5 Å². The Bertz CT molecular complexity index is 1040. The summed E-state index contributed by atoms with van der Waals surface area (Å²) in [6, 6.07) is 11.6. The van der Waals surface area contributed by atoms with E-state index < -0.39 is 23.2 Å². The van der Waals surface area contributed by atoms with Crippen LogP contribution in [0.3, 0.4) is 0 Å². The van der Waals surface area contributed by atoms with E-state index in [4.69, 9.17) is 25.4 Å². The number of carbonyl (C=O) groups is 2. The fourth-order valence-electron chi connectivity index (χ4n) is 3.83. The first kappa shape index (κ1) is 37.4. The van der Waals surface area contributed by atoms with Crippen LogP contribution in [0.5, 0.6) is 17.2 Å². The molecule has 0 radical (unpaired) electrons. The molecule has 0 spiro atoms. The highest BCUT2D eigenvalue weighted by Crippen LogP contribution is 2.33. The molecule has 0 saturated carbocycles. The second-order valence-corrected chi connectivity index (χ2v) is 13.0. The van der Waals surface area contributed by atoms with Gasteiger partial charge in [-0.3, -0.25) is 9.59 Å². The second-order valence-electron chi connectivity index (χ2n) is 10.0. The quantitative estimate of drug-likeness (QED) is 0.107. The molecule has 3 rings (SSSR count). The maximum atomic E-state index is 12.3. The van der Waals surface area contributed by atoms with E-state index >= 15 is 0 Å². The van der Waals surface area contributed by atoms with Gasteiger partial charge < -0.3 is 35.3 Å². The third-order valence-corrected chi connectivity index (χ3v) is 8.65. The number of anilines is 1. The van der Waals surface area contributed by atoms with E-state index in [1.54, 1.807) is 23.9 Å². The molecule has 1 aliphatic heterocycles. The maximum absolute atomic E-state index is 12.3. The molecule has 9 nitrogen and oxygen atoms in total. The van der Waals surface area contributed by atoms with Crippen molar-refractivity contribution in [2.24, 2.45) is 5.73 Å². The molecule has 0 fully saturated rings. The van der Waals surface area contributed by atoms with Crippen molar-refractivity contribution in [2.75, 3.05) is 29.9 Å². The van der Waals surface area contributed by atoms with Gasteiger partial charge in [-0.25, -0.2) is 0 Å². The summed E-state index contributed by atoms with van der Waals surface area (Å²) in [5.41, 5.74) is 7.05. The van der Waals surface area contributed by atoms with Crippen LogP contribution in [-0.4, -0.2) is 62.5 Å². The van der Waals surface area contributed by atoms with E-state index in [0.29, 0.717) is 18.9 Å². The number of fused-ring (bicyclic) bond motifs is 1. The number of phenols is 1. The minimum Gasteiger partial charge on any atom is -0.616 e. The molecular weight excluding hydrogens is 576 g/mol. The third kappa shape index (κ3) is 16.7. The standard InChI is InChI=1S/C18H28O3S.C8H9NO2.C5H11NO2S/c1-3-4-5-6-7-8-11-22(19)15(2)12-16-9-10-17-18(13-16)21-14-20-17;1-6(10)9-7-2-4-8(11)5-3-7;1-9-3-2-4(6)5(7)8/h9-10,13,15H,3-8,11-12,14H2,1-2H3;2-5,11H,1H3,(H,9,10);4H,2-3,6H2,1H3,(H,7,8)/t;;4-/m..0/s1. The van der Waals surface area contributed by atoms with Gasteiger partial charge in [-0.15, -0.1) is 0 Å². The summed E-state index contributed by atoms with van der Waals surface area (Å²) in [6.07, 6.45) is 10.8. The zero-order valence-electron chi connectivity index (χ0n) is 25.3. The number of aliphatic carboxylic acids is 1. The number of rotatable bonds is 15. The Balaban J connectivity index is 0.000000367. The van der Waals surface area contributed by atoms with Gasteiger partial charge >= 0.3 is 5.97 Å². The van der Waals surface area contributed by atoms with Gasteiger partial charge in [-0.05, 0) is 80.2 Å². The first-order chi connectivity index (χ1) is 20.1. The molecule has 3 atom stereocenters. The lowest BCUT2D eigenvalue weighted by molar-refractivity contribution is -0.138. The van der Waals surface area contributed by atoms with Crippen LogP contribution in [0.25, 0.3) is 0 Å². The van der Waals surface area contributed by atoms with E-state index in [9.17, 15) is 14.1 Å². The van der Waals surface area contributed by atoms with E-state index in [-0.39, 0.29) is 16.9 Å². The predicted octanol–water partition coefficient (Wildman–Crippen LogP) is 5.96. The average molecular weight is 625 g/mol. The number of aromatic hydroxyl groups is 1. The van der Waals surface area contributed by atoms with Crippen molar-refractivity contribution in [3.63, 3.8) is 0 Å². The van der Waals surface area contributed by atoms with Gasteiger partial charge in [-0.1, -0.05) is 49.8 Å². The monoisotopic (exact) mass is 624 g/mol. The Morgan fingerprint density at radius 3 is 2.33 bits per heavy atom. The molecule has 1 aliphatic rings. The molecule has 0 bridgehead atoms. The lowest BCUT2D eigenvalue weighted by Crippen LogP contribution is -2.30. The number of carbonyl (C=O) groups excluding carboxylic acids is 1. The maximum Gasteiger partial charge on any atom is 0.320 e. The highest BCUT2D eigenvalue weighted by Gasteiger charge is 2.19. The van der Waals surface area contributed by atoms with Crippen LogP contribution >= 0.6 is 11.8 Å². The number of carboxylic acid groups (broad SMARTS) is 1. The van der Waals surface area contributed by atoms with Gasteiger partial charge in [-0.2, -0.15) is 11.8 Å². The molecule has 1 amide bonds. The zero-order valence-corrected chi connectivity index (χ0v) is 26.9. The predicted molar refractivity (Wildman–Crippen MR) is 173 cm³/mol. The summed E-state index contributed by atoms with van der Waals surface area (Å²) in [5.74, 6) is 2.43. The number of hydrogen-bond acceptors (Lipinski definition) is 8. The van der Waals surface area contributed by atoms with Crippen molar-refractivity contribution >= 4 is 40.5 Å². The topological polar surface area (TPSA) is 154 Å². The van der Waals surface area contributed by atoms with Crippen LogP contribution in [-0.2, 0) is 27.2 Å². The fraction of sp³-hybridized carbons (Fsp3) is 0.548. The molecule has 2 aromatic carbocycles. The van der Waals surface area contributed by atoms with Gasteiger partial charge in [0.1, 0.15) is 22.8 Å². The summed E-state index contributed by atoms with van der Waals surface area (Å²) in [5, 5.41) is 19.9. The van der Waals surface area contributed by atoms with Crippen molar-refractivity contribution in [1.29, 1.82) is 0 Å². The molecule has 2 unspecified atom stereocenters. The Hall–Kier alpha value is -2.60. The van der Waals surface area contributed by atoms with Crippen molar-refractivity contribution in [3.8, 4) is 17.2 Å². The van der Waals surface area contributed by atoms with Gasteiger partial charge in [0.2, 0.25) is 12.7 Å². The van der Waals surface area contributed by atoms with Gasteiger partial charge in [0, 0.05) is 19.0 Å². The van der Waals surface area contributed by atoms with E-state index in [0.717, 1.165) is 35.8 Å². The Morgan fingerprint density at radius 2 is 1.71 bits per heavy atom. The second kappa shape index (κ2) is 22.0. The summed E-state index contributed by atoms with van der Waals surface area (Å²) in [7, 11) is 0. The summed E-state index contributed by atoms with van der Waals surface area (Å²) >= 11 is 0.861. The average Bonchev–Trinajstić information content (AvgIpc) is 3.43. The molecule has 42 heavy (non-hydrogen) atoms. The van der Waals surface area contributed by atoms with Gasteiger partial charge in [0.25, 0.3) is 0 Å². The molecule has 2 aromatic rings. The first-order valence-electron chi connectivity index (χ1n) is 14.4. The minimum atomic E-state index is -0.913. The third-order valence-electron chi connectivity index (χ3n) is 6.25. The van der Waals surface area contributed by atoms with Crippen LogP contribution in [0, 0.1) is 0 Å². The lowest BCUT2D eigenvalue weighted by Gasteiger charge is -2.18. The molecule has 5 N–H and O–H groups in total.